The first-order chi connectivity index (χ1) is 10.2. The number of carbonyl (C=O) groups excluding carboxylic acids is 1. The minimum atomic E-state index is -4.64. The number of halogens is 6. The number of rotatable bonds is 2. The van der Waals surface area contributed by atoms with Gasteiger partial charge in [0.1, 0.15) is 5.82 Å². The molecule has 0 aliphatic carbocycles. The summed E-state index contributed by atoms with van der Waals surface area (Å²) in [7, 11) is 0. The lowest BCUT2D eigenvalue weighted by atomic mass is 10.1. The van der Waals surface area contributed by atoms with Gasteiger partial charge in [-0.1, -0.05) is 11.6 Å². The van der Waals surface area contributed by atoms with Gasteiger partial charge in [-0.25, -0.2) is 4.39 Å². The van der Waals surface area contributed by atoms with Crippen LogP contribution in [0.5, 0.6) is 0 Å². The third-order valence-corrected chi connectivity index (χ3v) is 3.72. The van der Waals surface area contributed by atoms with E-state index in [4.69, 9.17) is 11.6 Å². The van der Waals surface area contributed by atoms with Crippen molar-refractivity contribution in [3.8, 4) is 0 Å². The van der Waals surface area contributed by atoms with Crippen molar-refractivity contribution < 1.29 is 22.4 Å². The molecule has 0 saturated carbocycles. The lowest BCUT2D eigenvalue weighted by Crippen LogP contribution is -2.14. The quantitative estimate of drug-likeness (QED) is 0.666. The number of amides is 1. The zero-order valence-corrected chi connectivity index (χ0v) is 13.0. The SMILES string of the molecule is O=C(Nc1ccc(Cl)c(C(F)(F)F)c1)c1cc(F)ccc1Br. The molecule has 0 aromatic heterocycles. The lowest BCUT2D eigenvalue weighted by molar-refractivity contribution is -0.137. The van der Waals surface area contributed by atoms with Crippen LogP contribution in [0.1, 0.15) is 15.9 Å². The standard InChI is InChI=1S/C14H7BrClF4NO/c15-11-3-1-7(17)5-9(11)13(22)21-8-2-4-12(16)10(6-8)14(18,19)20/h1-6H,(H,21,22). The topological polar surface area (TPSA) is 29.1 Å². The summed E-state index contributed by atoms with van der Waals surface area (Å²) in [5.74, 6) is -1.39. The van der Waals surface area contributed by atoms with Crippen LogP contribution in [0.3, 0.4) is 0 Å². The molecule has 0 atom stereocenters. The predicted molar refractivity (Wildman–Crippen MR) is 78.5 cm³/mol. The molecule has 2 aromatic rings. The molecule has 2 rings (SSSR count). The Kier molecular flexibility index (Phi) is 4.77. The van der Waals surface area contributed by atoms with Crippen LogP contribution in [-0.4, -0.2) is 5.91 Å². The molecule has 0 fully saturated rings. The van der Waals surface area contributed by atoms with Crippen LogP contribution in [-0.2, 0) is 6.18 Å². The number of nitrogens with one attached hydrogen (secondary N) is 1. The summed E-state index contributed by atoms with van der Waals surface area (Å²) in [5.41, 5.74) is -1.20. The normalized spacial score (nSPS) is 11.4. The second kappa shape index (κ2) is 6.26. The fourth-order valence-electron chi connectivity index (χ4n) is 1.69. The van der Waals surface area contributed by atoms with Crippen molar-refractivity contribution in [2.24, 2.45) is 0 Å². The summed E-state index contributed by atoms with van der Waals surface area (Å²) in [6.45, 7) is 0. The number of hydrogen-bond donors (Lipinski definition) is 1. The highest BCUT2D eigenvalue weighted by Gasteiger charge is 2.33. The van der Waals surface area contributed by atoms with Crippen molar-refractivity contribution in [2.45, 2.75) is 6.18 Å². The maximum atomic E-state index is 13.2. The van der Waals surface area contributed by atoms with E-state index in [1.54, 1.807) is 0 Å². The van der Waals surface area contributed by atoms with E-state index in [2.05, 4.69) is 21.2 Å². The second-order valence-corrected chi connectivity index (χ2v) is 5.53. The van der Waals surface area contributed by atoms with Crippen molar-refractivity contribution in [3.05, 3.63) is 62.8 Å². The van der Waals surface area contributed by atoms with Gasteiger partial charge in [-0.15, -0.1) is 0 Å². The number of alkyl halides is 3. The molecule has 1 amide bonds. The molecule has 1 N–H and O–H groups in total. The number of hydrogen-bond acceptors (Lipinski definition) is 1. The molecule has 0 aliphatic rings. The monoisotopic (exact) mass is 395 g/mol. The molecule has 0 saturated heterocycles. The van der Waals surface area contributed by atoms with Gasteiger partial charge in [-0.05, 0) is 52.3 Å². The largest absolute Gasteiger partial charge is 0.417 e. The van der Waals surface area contributed by atoms with Gasteiger partial charge in [0.05, 0.1) is 16.1 Å². The third kappa shape index (κ3) is 3.78. The summed E-state index contributed by atoms with van der Waals surface area (Å²) in [6.07, 6.45) is -4.64. The van der Waals surface area contributed by atoms with Crippen molar-refractivity contribution in [1.82, 2.24) is 0 Å². The van der Waals surface area contributed by atoms with Gasteiger partial charge >= 0.3 is 6.18 Å². The number of carbonyl (C=O) groups is 1. The molecule has 0 bridgehead atoms. The predicted octanol–water partition coefficient (Wildman–Crippen LogP) is 5.51. The Balaban J connectivity index is 2.31. The molecular weight excluding hydrogens is 390 g/mol. The molecular formula is C14H7BrClF4NO. The Morgan fingerprint density at radius 1 is 1.14 bits per heavy atom. The van der Waals surface area contributed by atoms with E-state index in [-0.39, 0.29) is 11.3 Å². The van der Waals surface area contributed by atoms with Crippen LogP contribution in [0, 0.1) is 5.82 Å². The molecule has 0 radical (unpaired) electrons. The first kappa shape index (κ1) is 16.8. The van der Waals surface area contributed by atoms with Crippen molar-refractivity contribution >= 4 is 39.1 Å². The van der Waals surface area contributed by atoms with E-state index < -0.39 is 28.5 Å². The minimum Gasteiger partial charge on any atom is -0.322 e. The van der Waals surface area contributed by atoms with Crippen molar-refractivity contribution in [1.29, 1.82) is 0 Å². The van der Waals surface area contributed by atoms with Crippen LogP contribution in [0.15, 0.2) is 40.9 Å². The molecule has 116 valence electrons. The van der Waals surface area contributed by atoms with Crippen LogP contribution in [0.4, 0.5) is 23.2 Å². The van der Waals surface area contributed by atoms with E-state index in [0.717, 1.165) is 18.2 Å². The minimum absolute atomic E-state index is 0.0384. The number of benzene rings is 2. The zero-order chi connectivity index (χ0) is 16.5. The van der Waals surface area contributed by atoms with Gasteiger partial charge in [0.25, 0.3) is 5.91 Å². The highest BCUT2D eigenvalue weighted by atomic mass is 79.9. The fraction of sp³-hybridized carbons (Fsp3) is 0.0714. The molecule has 8 heteroatoms. The van der Waals surface area contributed by atoms with Gasteiger partial charge in [-0.3, -0.25) is 4.79 Å². The summed E-state index contributed by atoms with van der Waals surface area (Å²) in [6, 6.07) is 6.41. The van der Waals surface area contributed by atoms with E-state index in [1.807, 2.05) is 0 Å². The third-order valence-electron chi connectivity index (χ3n) is 2.70. The fourth-order valence-corrected chi connectivity index (χ4v) is 2.34. The van der Waals surface area contributed by atoms with Gasteiger partial charge in [0, 0.05) is 10.2 Å². The first-order valence-electron chi connectivity index (χ1n) is 5.81. The second-order valence-electron chi connectivity index (χ2n) is 4.27. The average molecular weight is 397 g/mol. The highest BCUT2D eigenvalue weighted by Crippen LogP contribution is 2.36. The van der Waals surface area contributed by atoms with Gasteiger partial charge in [0.15, 0.2) is 0 Å². The molecule has 0 spiro atoms. The molecule has 22 heavy (non-hydrogen) atoms. The molecule has 0 aliphatic heterocycles. The molecule has 2 nitrogen and oxygen atoms in total. The maximum absolute atomic E-state index is 13.2. The highest BCUT2D eigenvalue weighted by molar-refractivity contribution is 9.10. The lowest BCUT2D eigenvalue weighted by Gasteiger charge is -2.12. The Morgan fingerprint density at radius 2 is 1.82 bits per heavy atom. The number of anilines is 1. The summed E-state index contributed by atoms with van der Waals surface area (Å²) in [4.78, 5) is 12.0. The van der Waals surface area contributed by atoms with Gasteiger partial charge in [0.2, 0.25) is 0 Å². The zero-order valence-electron chi connectivity index (χ0n) is 10.6. The van der Waals surface area contributed by atoms with Crippen LogP contribution in [0.2, 0.25) is 5.02 Å². The van der Waals surface area contributed by atoms with E-state index in [9.17, 15) is 22.4 Å². The van der Waals surface area contributed by atoms with Gasteiger partial charge in [-0.2, -0.15) is 13.2 Å². The summed E-state index contributed by atoms with van der Waals surface area (Å²) >= 11 is 8.56. The van der Waals surface area contributed by atoms with Crippen molar-refractivity contribution in [3.63, 3.8) is 0 Å². The van der Waals surface area contributed by atoms with Crippen LogP contribution >= 0.6 is 27.5 Å². The Morgan fingerprint density at radius 3 is 2.45 bits per heavy atom. The Bertz CT molecular complexity index is 733. The van der Waals surface area contributed by atoms with E-state index in [0.29, 0.717) is 10.5 Å². The van der Waals surface area contributed by atoms with Crippen molar-refractivity contribution in [2.75, 3.05) is 5.32 Å². The Hall–Kier alpha value is -1.60. The molecule has 2 aromatic carbocycles. The average Bonchev–Trinajstić information content (AvgIpc) is 2.42. The Labute approximate surface area is 136 Å². The van der Waals surface area contributed by atoms with Gasteiger partial charge < -0.3 is 5.32 Å². The smallest absolute Gasteiger partial charge is 0.322 e. The summed E-state index contributed by atoms with van der Waals surface area (Å²) in [5, 5.41) is 1.80. The molecule has 0 heterocycles. The first-order valence-corrected chi connectivity index (χ1v) is 6.99. The molecule has 0 unspecified atom stereocenters. The van der Waals surface area contributed by atoms with E-state index in [1.165, 1.54) is 12.1 Å². The van der Waals surface area contributed by atoms with Crippen LogP contribution in [0.25, 0.3) is 0 Å². The summed E-state index contributed by atoms with van der Waals surface area (Å²) < 4.78 is 51.7. The van der Waals surface area contributed by atoms with Crippen LogP contribution < -0.4 is 5.32 Å². The maximum Gasteiger partial charge on any atom is 0.417 e. The van der Waals surface area contributed by atoms with E-state index >= 15 is 0 Å².